The van der Waals surface area contributed by atoms with Crippen LogP contribution >= 0.6 is 0 Å². The zero-order valence-electron chi connectivity index (χ0n) is 4.72. The second kappa shape index (κ2) is 26.0. The van der Waals surface area contributed by atoms with E-state index in [1.807, 2.05) is 0 Å². The van der Waals surface area contributed by atoms with Gasteiger partial charge in [-0.15, -0.1) is 0 Å². The summed E-state index contributed by atoms with van der Waals surface area (Å²) in [4.78, 5) is 8.33. The molecule has 0 aliphatic rings. The topological polar surface area (TPSA) is 124 Å². The zero-order chi connectivity index (χ0) is 5.58. The van der Waals surface area contributed by atoms with Crippen LogP contribution in [0.5, 0.6) is 0 Å². The van der Waals surface area contributed by atoms with Gasteiger partial charge in [-0.25, -0.2) is 0 Å². The van der Waals surface area contributed by atoms with E-state index >= 15 is 0 Å². The largest absolute Gasteiger partial charge is 2.00 e. The summed E-state index contributed by atoms with van der Waals surface area (Å²) in [7, 11) is 1.50. The van der Waals surface area contributed by atoms with Gasteiger partial charge in [-0.3, -0.25) is 0 Å². The second-order valence-electron chi connectivity index (χ2n) is 0.250. The number of carbonyl (C=O) groups is 1. The van der Waals surface area contributed by atoms with Crippen LogP contribution in [-0.4, -0.2) is 50.9 Å². The standard InChI is InChI=1S/CH5N.CH2O3.Ca.H3N/c1-2;2-1(3)4;;/h2H2,1H3;(H2,2,3,4);;1H3/q;;+2;/p-2. The number of carboxylic acid groups (broad SMARTS) is 2. The molecule has 0 unspecified atom stereocenters. The summed E-state index contributed by atoms with van der Waals surface area (Å²) in [6, 6.07) is 0. The van der Waals surface area contributed by atoms with Crippen molar-refractivity contribution >= 4 is 43.9 Å². The summed E-state index contributed by atoms with van der Waals surface area (Å²) in [6.07, 6.45) is -2.33. The summed E-state index contributed by atoms with van der Waals surface area (Å²) in [5.74, 6) is 0. The van der Waals surface area contributed by atoms with Crippen molar-refractivity contribution in [3.05, 3.63) is 0 Å². The summed E-state index contributed by atoms with van der Waals surface area (Å²) >= 11 is 0. The van der Waals surface area contributed by atoms with Gasteiger partial charge in [0.1, 0.15) is 0 Å². The molecule has 0 aliphatic heterocycles. The van der Waals surface area contributed by atoms with E-state index in [4.69, 9.17) is 15.0 Å². The molecule has 0 spiro atoms. The first-order valence-corrected chi connectivity index (χ1v) is 1.19. The molecule has 0 aromatic carbocycles. The first kappa shape index (κ1) is 23.7. The monoisotopic (exact) mass is 148 g/mol. The molecule has 0 aromatic rings. The van der Waals surface area contributed by atoms with Gasteiger partial charge in [-0.1, -0.05) is 0 Å². The average Bonchev–Trinajstić information content (AvgIpc) is 1.41. The molecule has 5 N–H and O–H groups in total. The van der Waals surface area contributed by atoms with Crippen molar-refractivity contribution in [2.24, 2.45) is 5.73 Å². The minimum atomic E-state index is -2.33. The van der Waals surface area contributed by atoms with Crippen molar-refractivity contribution in [2.45, 2.75) is 0 Å². The Bertz CT molecular complexity index is 38.3. The Balaban J connectivity index is -0.0000000183. The third-order valence-electron chi connectivity index (χ3n) is 0. The van der Waals surface area contributed by atoms with Crippen molar-refractivity contribution in [1.29, 1.82) is 0 Å². The molecular weight excluding hydrogens is 140 g/mol. The van der Waals surface area contributed by atoms with Gasteiger partial charge < -0.3 is 26.9 Å². The maximum Gasteiger partial charge on any atom is 2.00 e. The van der Waals surface area contributed by atoms with Crippen molar-refractivity contribution in [3.63, 3.8) is 0 Å². The molecule has 0 atom stereocenters. The number of nitrogens with two attached hydrogens (primary N) is 1. The predicted molar refractivity (Wildman–Crippen MR) is 26.3 cm³/mol. The summed E-state index contributed by atoms with van der Waals surface area (Å²) in [6.45, 7) is 0. The minimum Gasteiger partial charge on any atom is -0.652 e. The molecule has 0 aromatic heterocycles. The fraction of sp³-hybridized carbons (Fsp3) is 0.500. The Labute approximate surface area is 77.5 Å². The third-order valence-corrected chi connectivity index (χ3v) is 0. The summed E-state index contributed by atoms with van der Waals surface area (Å²) in [5.41, 5.74) is 4.50. The van der Waals surface area contributed by atoms with Crippen molar-refractivity contribution < 1.29 is 15.0 Å². The van der Waals surface area contributed by atoms with Crippen LogP contribution in [0.15, 0.2) is 0 Å². The molecule has 0 bridgehead atoms. The molecule has 0 rings (SSSR count). The molecule has 8 heavy (non-hydrogen) atoms. The SMILES string of the molecule is CN.N.O=C([O-])[O-].[Ca+2]. The van der Waals surface area contributed by atoms with Crippen molar-refractivity contribution in [2.75, 3.05) is 7.05 Å². The second-order valence-corrected chi connectivity index (χ2v) is 0.250. The van der Waals surface area contributed by atoms with Gasteiger partial charge in [0.15, 0.2) is 0 Å². The predicted octanol–water partition coefficient (Wildman–Crippen LogP) is -3.09. The van der Waals surface area contributed by atoms with Crippen LogP contribution in [0.3, 0.4) is 0 Å². The van der Waals surface area contributed by atoms with Gasteiger partial charge in [0.25, 0.3) is 0 Å². The maximum atomic E-state index is 8.33. The fourth-order valence-corrected chi connectivity index (χ4v) is 0. The van der Waals surface area contributed by atoms with E-state index in [1.165, 1.54) is 7.05 Å². The molecule has 0 radical (unpaired) electrons. The van der Waals surface area contributed by atoms with Crippen LogP contribution in [0.2, 0.25) is 0 Å². The molecule has 0 saturated carbocycles. The smallest absolute Gasteiger partial charge is 0.652 e. The van der Waals surface area contributed by atoms with Crippen LogP contribution in [0.4, 0.5) is 4.79 Å². The first-order valence-electron chi connectivity index (χ1n) is 1.19. The molecule has 46 valence electrons. The van der Waals surface area contributed by atoms with Gasteiger partial charge in [-0.2, -0.15) is 0 Å². The van der Waals surface area contributed by atoms with Gasteiger partial charge in [-0.05, 0) is 13.2 Å². The Morgan fingerprint density at radius 2 is 1.38 bits per heavy atom. The Morgan fingerprint density at radius 1 is 1.38 bits per heavy atom. The van der Waals surface area contributed by atoms with Crippen LogP contribution in [-0.2, 0) is 0 Å². The molecule has 5 nitrogen and oxygen atoms in total. The molecule has 0 saturated heterocycles. The van der Waals surface area contributed by atoms with E-state index < -0.39 is 6.16 Å². The van der Waals surface area contributed by atoms with E-state index in [1.54, 1.807) is 0 Å². The quantitative estimate of drug-likeness (QED) is 0.352. The van der Waals surface area contributed by atoms with Gasteiger partial charge in [0.05, 0.1) is 0 Å². The third kappa shape index (κ3) is 947. The Morgan fingerprint density at radius 3 is 1.38 bits per heavy atom. The van der Waals surface area contributed by atoms with Crippen LogP contribution in [0.25, 0.3) is 0 Å². The number of hydrogen-bond donors (Lipinski definition) is 2. The van der Waals surface area contributed by atoms with E-state index in [2.05, 4.69) is 5.73 Å². The Kier molecular flexibility index (Phi) is 77.1. The van der Waals surface area contributed by atoms with Crippen LogP contribution in [0, 0.1) is 0 Å². The van der Waals surface area contributed by atoms with E-state index in [0.29, 0.717) is 0 Å². The van der Waals surface area contributed by atoms with Crippen molar-refractivity contribution in [3.8, 4) is 0 Å². The van der Waals surface area contributed by atoms with Crippen LogP contribution < -0.4 is 22.1 Å². The molecule has 0 heterocycles. The average molecular weight is 148 g/mol. The molecule has 0 aliphatic carbocycles. The first-order chi connectivity index (χ1) is 2.73. The number of rotatable bonds is 0. The molecular formula is C2H8CaN2O3. The zero-order valence-corrected chi connectivity index (χ0v) is 6.92. The number of carbonyl (C=O) groups excluding carboxylic acids is 1. The molecule has 6 heteroatoms. The summed E-state index contributed by atoms with van der Waals surface area (Å²) < 4.78 is 0. The number of hydrogen-bond acceptors (Lipinski definition) is 5. The Hall–Kier alpha value is 0.450. The minimum absolute atomic E-state index is 0. The van der Waals surface area contributed by atoms with E-state index in [0.717, 1.165) is 0 Å². The molecule has 0 amide bonds. The fourth-order valence-electron chi connectivity index (χ4n) is 0. The van der Waals surface area contributed by atoms with Crippen molar-refractivity contribution in [1.82, 2.24) is 6.15 Å². The van der Waals surface area contributed by atoms with E-state index in [-0.39, 0.29) is 43.9 Å². The van der Waals surface area contributed by atoms with Gasteiger partial charge >= 0.3 is 37.7 Å². The van der Waals surface area contributed by atoms with E-state index in [9.17, 15) is 0 Å². The molecule has 0 fully saturated rings. The van der Waals surface area contributed by atoms with Crippen LogP contribution in [0.1, 0.15) is 0 Å². The van der Waals surface area contributed by atoms with Gasteiger partial charge in [0, 0.05) is 0 Å². The summed E-state index contributed by atoms with van der Waals surface area (Å²) in [5, 5.41) is 16.7. The van der Waals surface area contributed by atoms with Gasteiger partial charge in [0.2, 0.25) is 0 Å². The maximum absolute atomic E-state index is 8.33. The normalized spacial score (nSPS) is 3.75.